The molecule has 1 amide bonds. The molecule has 0 spiro atoms. The normalized spacial score (nSPS) is 11.8. The van der Waals surface area contributed by atoms with Crippen LogP contribution in [0.4, 0.5) is 18.9 Å². The fourth-order valence-electron chi connectivity index (χ4n) is 1.75. The number of ether oxygens (including phenoxy) is 1. The second-order valence-electron chi connectivity index (χ2n) is 4.74. The first-order chi connectivity index (χ1) is 11.6. The van der Waals surface area contributed by atoms with E-state index < -0.39 is 32.8 Å². The zero-order valence-corrected chi connectivity index (χ0v) is 14.0. The Kier molecular flexibility index (Phi) is 5.58. The molecule has 2 aromatic carbocycles. The van der Waals surface area contributed by atoms with Crippen molar-refractivity contribution in [3.8, 4) is 5.75 Å². The van der Waals surface area contributed by atoms with Crippen LogP contribution in [0.25, 0.3) is 0 Å². The highest BCUT2D eigenvalue weighted by Crippen LogP contribution is 2.33. The highest BCUT2D eigenvalue weighted by atomic mass is 35.5. The predicted molar refractivity (Wildman–Crippen MR) is 85.3 cm³/mol. The molecule has 0 atom stereocenters. The van der Waals surface area contributed by atoms with Crippen molar-refractivity contribution < 1.29 is 31.1 Å². The molecule has 134 valence electrons. The molecule has 25 heavy (non-hydrogen) atoms. The van der Waals surface area contributed by atoms with Crippen LogP contribution in [0.15, 0.2) is 53.4 Å². The van der Waals surface area contributed by atoms with Gasteiger partial charge in [-0.1, -0.05) is 29.8 Å². The van der Waals surface area contributed by atoms with Gasteiger partial charge in [0.15, 0.2) is 6.61 Å². The van der Waals surface area contributed by atoms with Crippen LogP contribution >= 0.6 is 11.6 Å². The number of rotatable bonds is 5. The molecule has 0 saturated heterocycles. The van der Waals surface area contributed by atoms with Gasteiger partial charge in [-0.05, 0) is 30.3 Å². The highest BCUT2D eigenvalue weighted by Gasteiger charge is 2.47. The number of carbonyl (C=O) groups excluding carboxylic acids is 1. The maximum Gasteiger partial charge on any atom is 0.501 e. The van der Waals surface area contributed by atoms with Gasteiger partial charge in [0.2, 0.25) is 0 Å². The van der Waals surface area contributed by atoms with E-state index in [1.165, 1.54) is 0 Å². The van der Waals surface area contributed by atoms with Crippen molar-refractivity contribution in [2.75, 3.05) is 11.9 Å². The van der Waals surface area contributed by atoms with Crippen LogP contribution in [-0.2, 0) is 14.6 Å². The number of halogens is 4. The quantitative estimate of drug-likeness (QED) is 0.841. The lowest BCUT2D eigenvalue weighted by atomic mass is 10.3. The van der Waals surface area contributed by atoms with E-state index in [4.69, 9.17) is 16.3 Å². The van der Waals surface area contributed by atoms with Crippen LogP contribution in [0.1, 0.15) is 0 Å². The van der Waals surface area contributed by atoms with E-state index in [0.717, 1.165) is 6.07 Å². The Hall–Kier alpha value is -2.26. The molecule has 0 heterocycles. The maximum atomic E-state index is 12.6. The Balaban J connectivity index is 2.14. The molecule has 0 unspecified atom stereocenters. The fourth-order valence-corrected chi connectivity index (χ4v) is 2.71. The van der Waals surface area contributed by atoms with Crippen molar-refractivity contribution >= 4 is 33.0 Å². The smallest absolute Gasteiger partial charge is 0.484 e. The monoisotopic (exact) mass is 393 g/mol. The molecular weight excluding hydrogens is 383 g/mol. The summed E-state index contributed by atoms with van der Waals surface area (Å²) in [6, 6.07) is 10.7. The summed E-state index contributed by atoms with van der Waals surface area (Å²) in [5.41, 5.74) is -5.73. The molecule has 0 fully saturated rings. The molecule has 0 bridgehead atoms. The lowest BCUT2D eigenvalue weighted by molar-refractivity contribution is -0.118. The minimum atomic E-state index is -5.55. The van der Waals surface area contributed by atoms with Crippen LogP contribution in [0.2, 0.25) is 5.02 Å². The van der Waals surface area contributed by atoms with Crippen LogP contribution in [0, 0.1) is 0 Å². The summed E-state index contributed by atoms with van der Waals surface area (Å²) >= 11 is 5.79. The molecule has 0 radical (unpaired) electrons. The standard InChI is InChI=1S/C15H11ClF3NO4S/c16-12-7-6-11(25(22,23)15(17,18)19)8-13(12)20-14(21)9-24-10-4-2-1-3-5-10/h1-8H,9H2,(H,20,21). The number of amides is 1. The van der Waals surface area contributed by atoms with Gasteiger partial charge in [-0.15, -0.1) is 0 Å². The minimum absolute atomic E-state index is 0.116. The summed E-state index contributed by atoms with van der Waals surface area (Å²) in [5, 5.41) is 2.10. The van der Waals surface area contributed by atoms with Gasteiger partial charge in [-0.3, -0.25) is 4.79 Å². The van der Waals surface area contributed by atoms with E-state index in [2.05, 4.69) is 5.32 Å². The van der Waals surface area contributed by atoms with Gasteiger partial charge in [-0.25, -0.2) is 8.42 Å². The van der Waals surface area contributed by atoms with Crippen molar-refractivity contribution in [2.24, 2.45) is 0 Å². The molecular formula is C15H11ClF3NO4S. The van der Waals surface area contributed by atoms with Crippen LogP contribution < -0.4 is 10.1 Å². The number of alkyl halides is 3. The highest BCUT2D eigenvalue weighted by molar-refractivity contribution is 7.92. The van der Waals surface area contributed by atoms with Crippen molar-refractivity contribution in [1.82, 2.24) is 0 Å². The third kappa shape index (κ3) is 4.64. The number of anilines is 1. The van der Waals surface area contributed by atoms with Gasteiger partial charge in [0.25, 0.3) is 15.7 Å². The first kappa shape index (κ1) is 19.1. The van der Waals surface area contributed by atoms with Gasteiger partial charge in [0, 0.05) is 0 Å². The van der Waals surface area contributed by atoms with E-state index >= 15 is 0 Å². The lowest BCUT2D eigenvalue weighted by Gasteiger charge is -2.12. The molecule has 0 aliphatic rings. The van der Waals surface area contributed by atoms with Crippen LogP contribution in [-0.4, -0.2) is 26.4 Å². The Morgan fingerprint density at radius 1 is 1.12 bits per heavy atom. The summed E-state index contributed by atoms with van der Waals surface area (Å²) in [7, 11) is -5.55. The van der Waals surface area contributed by atoms with E-state index in [0.29, 0.717) is 17.9 Å². The Labute approximate surface area is 146 Å². The first-order valence-electron chi connectivity index (χ1n) is 6.70. The van der Waals surface area contributed by atoms with Gasteiger partial charge < -0.3 is 10.1 Å². The first-order valence-corrected chi connectivity index (χ1v) is 8.56. The van der Waals surface area contributed by atoms with E-state index in [-0.39, 0.29) is 10.7 Å². The SMILES string of the molecule is O=C(COc1ccccc1)Nc1cc(S(=O)(=O)C(F)(F)F)ccc1Cl. The minimum Gasteiger partial charge on any atom is -0.484 e. The zero-order chi connectivity index (χ0) is 18.7. The Bertz CT molecular complexity index is 870. The van der Waals surface area contributed by atoms with Gasteiger partial charge in [0.05, 0.1) is 15.6 Å². The lowest BCUT2D eigenvalue weighted by Crippen LogP contribution is -2.24. The van der Waals surface area contributed by atoms with Gasteiger partial charge >= 0.3 is 5.51 Å². The van der Waals surface area contributed by atoms with Gasteiger partial charge in [0.1, 0.15) is 5.75 Å². The third-order valence-electron chi connectivity index (χ3n) is 2.94. The Morgan fingerprint density at radius 2 is 1.76 bits per heavy atom. The summed E-state index contributed by atoms with van der Waals surface area (Å²) in [6.45, 7) is -0.434. The summed E-state index contributed by atoms with van der Waals surface area (Å²) in [4.78, 5) is 10.8. The van der Waals surface area contributed by atoms with Crippen molar-refractivity contribution in [3.05, 3.63) is 53.6 Å². The number of hydrogen-bond acceptors (Lipinski definition) is 4. The summed E-state index contributed by atoms with van der Waals surface area (Å²) in [6.07, 6.45) is 0. The number of benzene rings is 2. The molecule has 0 aliphatic heterocycles. The van der Waals surface area contributed by atoms with Gasteiger partial charge in [-0.2, -0.15) is 13.2 Å². The average molecular weight is 394 g/mol. The number of hydrogen-bond donors (Lipinski definition) is 1. The number of nitrogens with one attached hydrogen (secondary N) is 1. The number of carbonyl (C=O) groups is 1. The average Bonchev–Trinajstić information content (AvgIpc) is 2.55. The maximum absolute atomic E-state index is 12.6. The molecule has 5 nitrogen and oxygen atoms in total. The third-order valence-corrected chi connectivity index (χ3v) is 4.75. The second kappa shape index (κ2) is 7.32. The molecule has 0 aromatic heterocycles. The molecule has 1 N–H and O–H groups in total. The number of sulfone groups is 1. The largest absolute Gasteiger partial charge is 0.501 e. The molecule has 0 aliphatic carbocycles. The molecule has 2 rings (SSSR count). The predicted octanol–water partition coefficient (Wildman–Crippen LogP) is 3.65. The van der Waals surface area contributed by atoms with Crippen LogP contribution in [0.3, 0.4) is 0 Å². The Morgan fingerprint density at radius 3 is 2.36 bits per heavy atom. The summed E-state index contributed by atoms with van der Waals surface area (Å²) in [5.74, 6) is -0.301. The number of para-hydroxylation sites is 1. The van der Waals surface area contributed by atoms with Crippen LogP contribution in [0.5, 0.6) is 5.75 Å². The molecule has 10 heteroatoms. The van der Waals surface area contributed by atoms with Crippen molar-refractivity contribution in [1.29, 1.82) is 0 Å². The second-order valence-corrected chi connectivity index (χ2v) is 7.09. The van der Waals surface area contributed by atoms with E-state index in [1.807, 2.05) is 0 Å². The van der Waals surface area contributed by atoms with Crippen molar-refractivity contribution in [3.63, 3.8) is 0 Å². The topological polar surface area (TPSA) is 72.5 Å². The zero-order valence-electron chi connectivity index (χ0n) is 12.4. The summed E-state index contributed by atoms with van der Waals surface area (Å²) < 4.78 is 65.8. The van der Waals surface area contributed by atoms with Crippen molar-refractivity contribution in [2.45, 2.75) is 10.4 Å². The van der Waals surface area contributed by atoms with E-state index in [9.17, 15) is 26.4 Å². The fraction of sp³-hybridized carbons (Fsp3) is 0.133. The van der Waals surface area contributed by atoms with E-state index in [1.54, 1.807) is 30.3 Å². The molecule has 0 saturated carbocycles. The molecule has 2 aromatic rings.